The number of rotatable bonds is 3. The molecule has 0 spiro atoms. The van der Waals surface area contributed by atoms with Crippen molar-refractivity contribution in [2.24, 2.45) is 5.73 Å². The number of nitrogen functional groups attached to an aromatic ring is 1. The van der Waals surface area contributed by atoms with Crippen LogP contribution in [0.5, 0.6) is 0 Å². The molecule has 0 atom stereocenters. The van der Waals surface area contributed by atoms with Crippen molar-refractivity contribution in [2.45, 2.75) is 13.0 Å². The molecular weight excluding hydrogens is 220 g/mol. The van der Waals surface area contributed by atoms with Gasteiger partial charge < -0.3 is 16.2 Å². The fourth-order valence-electron chi connectivity index (χ4n) is 1.22. The van der Waals surface area contributed by atoms with E-state index in [0.29, 0.717) is 0 Å². The molecule has 0 aliphatic rings. The number of halogens is 2. The molecule has 1 aromatic rings. The van der Waals surface area contributed by atoms with Crippen LogP contribution >= 0.6 is 0 Å². The quantitative estimate of drug-likeness (QED) is 0.752. The molecule has 88 valence electrons. The minimum Gasteiger partial charge on any atom is -0.464 e. The van der Waals surface area contributed by atoms with Crippen LogP contribution in [0.3, 0.4) is 0 Å². The van der Waals surface area contributed by atoms with Gasteiger partial charge in [-0.15, -0.1) is 0 Å². The smallest absolute Gasteiger partial charge is 0.357 e. The van der Waals surface area contributed by atoms with E-state index in [1.807, 2.05) is 0 Å². The van der Waals surface area contributed by atoms with E-state index in [-0.39, 0.29) is 17.8 Å². The van der Waals surface area contributed by atoms with Crippen molar-refractivity contribution in [1.82, 2.24) is 4.98 Å². The number of methoxy groups -OCH3 is 1. The summed E-state index contributed by atoms with van der Waals surface area (Å²) >= 11 is 0. The predicted octanol–water partition coefficient (Wildman–Crippen LogP) is 0.847. The highest BCUT2D eigenvalue weighted by molar-refractivity contribution is 5.90. The Morgan fingerprint density at radius 2 is 2.25 bits per heavy atom. The van der Waals surface area contributed by atoms with Crippen LogP contribution in [0.25, 0.3) is 0 Å². The van der Waals surface area contributed by atoms with E-state index >= 15 is 0 Å². The van der Waals surface area contributed by atoms with Crippen molar-refractivity contribution in [3.63, 3.8) is 0 Å². The number of ether oxygens (including phenoxy) is 1. The zero-order valence-corrected chi connectivity index (χ0v) is 8.54. The maximum absolute atomic E-state index is 12.7. The van der Waals surface area contributed by atoms with Crippen molar-refractivity contribution in [3.05, 3.63) is 23.0 Å². The van der Waals surface area contributed by atoms with E-state index in [1.54, 1.807) is 0 Å². The van der Waals surface area contributed by atoms with Gasteiger partial charge in [-0.1, -0.05) is 0 Å². The normalized spacial score (nSPS) is 10.6. The largest absolute Gasteiger partial charge is 0.464 e. The van der Waals surface area contributed by atoms with Crippen LogP contribution in [0, 0.1) is 0 Å². The van der Waals surface area contributed by atoms with Crippen molar-refractivity contribution in [3.8, 4) is 0 Å². The lowest BCUT2D eigenvalue weighted by Crippen LogP contribution is -2.14. The van der Waals surface area contributed by atoms with Crippen molar-refractivity contribution in [2.75, 3.05) is 12.8 Å². The number of aromatic nitrogens is 1. The zero-order valence-electron chi connectivity index (χ0n) is 8.54. The van der Waals surface area contributed by atoms with Gasteiger partial charge in [0.2, 0.25) is 0 Å². The zero-order chi connectivity index (χ0) is 12.3. The van der Waals surface area contributed by atoms with Gasteiger partial charge in [0.1, 0.15) is 0 Å². The third-order valence-corrected chi connectivity index (χ3v) is 2.06. The van der Waals surface area contributed by atoms with E-state index < -0.39 is 23.7 Å². The summed E-state index contributed by atoms with van der Waals surface area (Å²) in [5.41, 5.74) is 9.72. The molecule has 0 fully saturated rings. The Balaban J connectivity index is 3.40. The summed E-state index contributed by atoms with van der Waals surface area (Å²) in [5, 5.41) is 0. The summed E-state index contributed by atoms with van der Waals surface area (Å²) in [4.78, 5) is 14.8. The Hall–Kier alpha value is -1.76. The van der Waals surface area contributed by atoms with E-state index in [2.05, 4.69) is 9.72 Å². The highest BCUT2D eigenvalue weighted by atomic mass is 19.3. The lowest BCUT2D eigenvalue weighted by Gasteiger charge is -2.12. The molecule has 0 aliphatic carbocycles. The molecule has 16 heavy (non-hydrogen) atoms. The lowest BCUT2D eigenvalue weighted by molar-refractivity contribution is 0.0582. The number of hydrogen-bond donors (Lipinski definition) is 2. The summed E-state index contributed by atoms with van der Waals surface area (Å²) in [6, 6.07) is 0. The van der Waals surface area contributed by atoms with Crippen LogP contribution in [-0.4, -0.2) is 18.1 Å². The second-order valence-corrected chi connectivity index (χ2v) is 2.96. The molecule has 0 bridgehead atoms. The molecular formula is C9H11F2N3O2. The van der Waals surface area contributed by atoms with E-state index in [9.17, 15) is 13.6 Å². The first-order chi connectivity index (χ1) is 7.52. The van der Waals surface area contributed by atoms with Gasteiger partial charge in [-0.3, -0.25) is 0 Å². The predicted molar refractivity (Wildman–Crippen MR) is 52.8 cm³/mol. The fourth-order valence-corrected chi connectivity index (χ4v) is 1.22. The Kier molecular flexibility index (Phi) is 3.73. The van der Waals surface area contributed by atoms with Gasteiger partial charge in [0, 0.05) is 24.0 Å². The Labute approximate surface area is 90.4 Å². The molecule has 0 aromatic carbocycles. The first-order valence-corrected chi connectivity index (χ1v) is 4.36. The van der Waals surface area contributed by atoms with Crippen LogP contribution in [0.2, 0.25) is 0 Å². The number of carbonyl (C=O) groups excluding carboxylic acids is 1. The van der Waals surface area contributed by atoms with E-state index in [4.69, 9.17) is 11.5 Å². The van der Waals surface area contributed by atoms with Gasteiger partial charge in [-0.25, -0.2) is 18.6 Å². The van der Waals surface area contributed by atoms with Gasteiger partial charge >= 0.3 is 5.97 Å². The lowest BCUT2D eigenvalue weighted by atomic mass is 10.1. The summed E-state index contributed by atoms with van der Waals surface area (Å²) in [6.45, 7) is -0.0278. The topological polar surface area (TPSA) is 91.2 Å². The van der Waals surface area contributed by atoms with Crippen molar-refractivity contribution < 1.29 is 18.3 Å². The molecule has 5 nitrogen and oxygen atoms in total. The summed E-state index contributed by atoms with van der Waals surface area (Å²) in [6.07, 6.45) is -1.72. The number of alkyl halides is 2. The summed E-state index contributed by atoms with van der Waals surface area (Å²) in [7, 11) is 1.08. The SMILES string of the molecule is COC(=O)c1ncc(CN)c(N)c1C(F)F. The highest BCUT2D eigenvalue weighted by Crippen LogP contribution is 2.30. The number of hydrogen-bond acceptors (Lipinski definition) is 5. The van der Waals surface area contributed by atoms with E-state index in [0.717, 1.165) is 7.11 Å². The average molecular weight is 231 g/mol. The molecule has 1 aromatic heterocycles. The molecule has 0 unspecified atom stereocenters. The first kappa shape index (κ1) is 12.3. The van der Waals surface area contributed by atoms with Gasteiger partial charge in [-0.2, -0.15) is 0 Å². The number of nitrogens with zero attached hydrogens (tertiary/aromatic N) is 1. The third kappa shape index (κ3) is 2.08. The molecule has 0 radical (unpaired) electrons. The second-order valence-electron chi connectivity index (χ2n) is 2.96. The Morgan fingerprint density at radius 3 is 2.69 bits per heavy atom. The van der Waals surface area contributed by atoms with Gasteiger partial charge in [-0.05, 0) is 0 Å². The van der Waals surface area contributed by atoms with Gasteiger partial charge in [0.15, 0.2) is 5.69 Å². The Bertz CT molecular complexity index is 410. The minimum absolute atomic E-state index is 0.0278. The maximum Gasteiger partial charge on any atom is 0.357 e. The summed E-state index contributed by atoms with van der Waals surface area (Å²) < 4.78 is 29.8. The van der Waals surface area contributed by atoms with Crippen LogP contribution in [0.15, 0.2) is 6.20 Å². The molecule has 7 heteroatoms. The van der Waals surface area contributed by atoms with Crippen molar-refractivity contribution in [1.29, 1.82) is 0 Å². The molecule has 1 heterocycles. The standard InChI is InChI=1S/C9H11F2N3O2/c1-16-9(15)7-5(8(10)11)6(13)4(2-12)3-14-7/h3,8H,2,12H2,1H3,(H2,13,14). The number of esters is 1. The fraction of sp³-hybridized carbons (Fsp3) is 0.333. The van der Waals surface area contributed by atoms with E-state index in [1.165, 1.54) is 6.20 Å². The molecule has 0 aliphatic heterocycles. The third-order valence-electron chi connectivity index (χ3n) is 2.06. The van der Waals surface area contributed by atoms with Gasteiger partial charge in [0.05, 0.1) is 12.7 Å². The molecule has 0 saturated heterocycles. The Morgan fingerprint density at radius 1 is 1.62 bits per heavy atom. The van der Waals surface area contributed by atoms with Crippen LogP contribution in [-0.2, 0) is 11.3 Å². The number of pyridine rings is 1. The summed E-state index contributed by atoms with van der Waals surface area (Å²) in [5.74, 6) is -0.953. The maximum atomic E-state index is 12.7. The number of anilines is 1. The van der Waals surface area contributed by atoms with Crippen molar-refractivity contribution >= 4 is 11.7 Å². The molecule has 4 N–H and O–H groups in total. The average Bonchev–Trinajstić information content (AvgIpc) is 2.26. The highest BCUT2D eigenvalue weighted by Gasteiger charge is 2.24. The van der Waals surface area contributed by atoms with Crippen LogP contribution in [0.4, 0.5) is 14.5 Å². The molecule has 0 saturated carbocycles. The number of nitrogens with two attached hydrogens (primary N) is 2. The molecule has 0 amide bonds. The monoisotopic (exact) mass is 231 g/mol. The first-order valence-electron chi connectivity index (χ1n) is 4.36. The number of carbonyl (C=O) groups is 1. The minimum atomic E-state index is -2.91. The van der Waals surface area contributed by atoms with Crippen LogP contribution in [0.1, 0.15) is 28.0 Å². The molecule has 1 rings (SSSR count). The van der Waals surface area contributed by atoms with Gasteiger partial charge in [0.25, 0.3) is 6.43 Å². The van der Waals surface area contributed by atoms with Crippen LogP contribution < -0.4 is 11.5 Å². The second kappa shape index (κ2) is 4.84.